The Labute approximate surface area is 120 Å². The number of methoxy groups -OCH3 is 1. The predicted octanol–water partition coefficient (Wildman–Crippen LogP) is 1.36. The average Bonchev–Trinajstić information content (AvgIpc) is 2.38. The second kappa shape index (κ2) is 8.34. The van der Waals surface area contributed by atoms with Crippen molar-refractivity contribution in [3.8, 4) is 0 Å². The summed E-state index contributed by atoms with van der Waals surface area (Å²) in [4.78, 5) is 22.7. The van der Waals surface area contributed by atoms with E-state index in [0.29, 0.717) is 6.61 Å². The Balaban J connectivity index is 2.34. The molecule has 0 unspecified atom stereocenters. The van der Waals surface area contributed by atoms with Crippen LogP contribution in [0.5, 0.6) is 0 Å². The molecule has 3 N–H and O–H groups in total. The van der Waals surface area contributed by atoms with Crippen LogP contribution in [0.15, 0.2) is 18.2 Å². The summed E-state index contributed by atoms with van der Waals surface area (Å²) in [5, 5.41) is 7.32. The Morgan fingerprint density at radius 3 is 2.80 bits per heavy atom. The van der Waals surface area contributed by atoms with Gasteiger partial charge in [-0.2, -0.15) is 0 Å². The molecule has 110 valence electrons. The molecule has 1 aromatic carbocycles. The fraction of sp³-hybridized carbons (Fsp3) is 0.333. The summed E-state index contributed by atoms with van der Waals surface area (Å²) in [6.07, 6.45) is 0. The molecule has 1 aromatic rings. The van der Waals surface area contributed by atoms with Crippen molar-refractivity contribution in [1.29, 1.82) is 0 Å². The molecule has 0 atom stereocenters. The lowest BCUT2D eigenvalue weighted by Crippen LogP contribution is -2.43. The first-order valence-electron chi connectivity index (χ1n) is 5.78. The van der Waals surface area contributed by atoms with Crippen LogP contribution in [0.25, 0.3) is 0 Å². The Morgan fingerprint density at radius 1 is 1.40 bits per heavy atom. The van der Waals surface area contributed by atoms with Gasteiger partial charge in [0.25, 0.3) is 0 Å². The Bertz CT molecular complexity index is 485. The van der Waals surface area contributed by atoms with Crippen molar-refractivity contribution in [3.63, 3.8) is 0 Å². The zero-order valence-electron chi connectivity index (χ0n) is 10.8. The predicted molar refractivity (Wildman–Crippen MR) is 73.3 cm³/mol. The molecule has 0 aromatic heterocycles. The molecule has 0 radical (unpaired) electrons. The summed E-state index contributed by atoms with van der Waals surface area (Å²) in [6.45, 7) is 0.390. The smallest absolute Gasteiger partial charge is 0.321 e. The molecule has 6 nitrogen and oxygen atoms in total. The first kappa shape index (κ1) is 16.2. The molecule has 20 heavy (non-hydrogen) atoms. The maximum absolute atomic E-state index is 13.4. The highest BCUT2D eigenvalue weighted by molar-refractivity contribution is 6.30. The molecule has 0 spiro atoms. The largest absolute Gasteiger partial charge is 0.383 e. The minimum absolute atomic E-state index is 0.129. The molecule has 0 aliphatic heterocycles. The lowest BCUT2D eigenvalue weighted by Gasteiger charge is -2.09. The lowest BCUT2D eigenvalue weighted by molar-refractivity contribution is -0.118. The number of carbonyl (C=O) groups is 2. The van der Waals surface area contributed by atoms with Gasteiger partial charge in [0, 0.05) is 18.7 Å². The Kier molecular flexibility index (Phi) is 6.75. The molecule has 0 fully saturated rings. The number of nitrogens with one attached hydrogen (secondary N) is 3. The van der Waals surface area contributed by atoms with Gasteiger partial charge in [-0.05, 0) is 18.2 Å². The Hall–Kier alpha value is -1.86. The first-order chi connectivity index (χ1) is 9.52. The van der Waals surface area contributed by atoms with Crippen molar-refractivity contribution in [1.82, 2.24) is 10.6 Å². The highest BCUT2D eigenvalue weighted by Crippen LogP contribution is 2.18. The van der Waals surface area contributed by atoms with E-state index in [1.807, 2.05) is 0 Å². The van der Waals surface area contributed by atoms with Crippen molar-refractivity contribution in [2.45, 2.75) is 0 Å². The second-order valence-electron chi connectivity index (χ2n) is 3.77. The van der Waals surface area contributed by atoms with Crippen LogP contribution in [0.1, 0.15) is 0 Å². The minimum atomic E-state index is -0.634. The summed E-state index contributed by atoms with van der Waals surface area (Å²) >= 11 is 5.60. The molecule has 0 aliphatic carbocycles. The zero-order valence-corrected chi connectivity index (χ0v) is 11.6. The van der Waals surface area contributed by atoms with E-state index < -0.39 is 17.8 Å². The monoisotopic (exact) mass is 303 g/mol. The number of imide groups is 1. The molecule has 0 saturated carbocycles. The zero-order chi connectivity index (χ0) is 15.0. The van der Waals surface area contributed by atoms with Crippen LogP contribution in [-0.4, -0.2) is 38.7 Å². The Morgan fingerprint density at radius 2 is 2.15 bits per heavy atom. The quantitative estimate of drug-likeness (QED) is 0.693. The number of amides is 3. The second-order valence-corrected chi connectivity index (χ2v) is 4.21. The van der Waals surface area contributed by atoms with Crippen molar-refractivity contribution in [3.05, 3.63) is 29.0 Å². The highest BCUT2D eigenvalue weighted by Gasteiger charge is 2.08. The van der Waals surface area contributed by atoms with E-state index in [2.05, 4.69) is 16.0 Å². The van der Waals surface area contributed by atoms with Crippen LogP contribution in [0, 0.1) is 5.82 Å². The van der Waals surface area contributed by atoms with Crippen molar-refractivity contribution in [2.75, 3.05) is 32.1 Å². The molecular weight excluding hydrogens is 289 g/mol. The molecule has 8 heteroatoms. The number of urea groups is 1. The van der Waals surface area contributed by atoms with E-state index >= 15 is 0 Å². The minimum Gasteiger partial charge on any atom is -0.383 e. The van der Waals surface area contributed by atoms with Crippen LogP contribution in [0.4, 0.5) is 14.9 Å². The van der Waals surface area contributed by atoms with Crippen LogP contribution >= 0.6 is 11.6 Å². The molecule has 0 aliphatic rings. The van der Waals surface area contributed by atoms with Crippen LogP contribution < -0.4 is 16.0 Å². The topological polar surface area (TPSA) is 79.5 Å². The van der Waals surface area contributed by atoms with Crippen molar-refractivity contribution < 1.29 is 18.7 Å². The standard InChI is InChI=1S/C12H15ClFN3O3/c1-20-5-4-15-12(19)17-11(18)7-16-10-3-2-8(13)6-9(10)14/h2-3,6,16H,4-5,7H2,1H3,(H2,15,17,18,19). The van der Waals surface area contributed by atoms with E-state index in [9.17, 15) is 14.0 Å². The number of hydrogen-bond acceptors (Lipinski definition) is 4. The van der Waals surface area contributed by atoms with Crippen LogP contribution in [-0.2, 0) is 9.53 Å². The van der Waals surface area contributed by atoms with Gasteiger partial charge < -0.3 is 15.4 Å². The summed E-state index contributed by atoms with van der Waals surface area (Å²) < 4.78 is 18.1. The number of rotatable bonds is 6. The molecule has 0 saturated heterocycles. The van der Waals surface area contributed by atoms with E-state index in [1.165, 1.54) is 19.2 Å². The third-order valence-corrected chi connectivity index (χ3v) is 2.45. The van der Waals surface area contributed by atoms with Gasteiger partial charge in [-0.1, -0.05) is 11.6 Å². The molecular formula is C12H15ClFN3O3. The van der Waals surface area contributed by atoms with Crippen molar-refractivity contribution >= 4 is 29.2 Å². The van der Waals surface area contributed by atoms with Gasteiger partial charge in [0.1, 0.15) is 5.82 Å². The molecule has 0 heterocycles. The number of carbonyl (C=O) groups excluding carboxylic acids is 2. The van der Waals surface area contributed by atoms with Gasteiger partial charge in [0.2, 0.25) is 5.91 Å². The molecule has 1 rings (SSSR count). The maximum atomic E-state index is 13.4. The van der Waals surface area contributed by atoms with Gasteiger partial charge >= 0.3 is 6.03 Å². The van der Waals surface area contributed by atoms with E-state index in [1.54, 1.807) is 0 Å². The van der Waals surface area contributed by atoms with E-state index in [0.717, 1.165) is 6.07 Å². The van der Waals surface area contributed by atoms with Gasteiger partial charge in [-0.3, -0.25) is 10.1 Å². The average molecular weight is 304 g/mol. The molecule has 3 amide bonds. The SMILES string of the molecule is COCCNC(=O)NC(=O)CNc1ccc(Cl)cc1F. The number of ether oxygens (including phenoxy) is 1. The summed E-state index contributed by atoms with van der Waals surface area (Å²) in [6, 6.07) is 3.39. The fourth-order valence-corrected chi connectivity index (χ4v) is 1.45. The number of halogens is 2. The van der Waals surface area contributed by atoms with Crippen molar-refractivity contribution in [2.24, 2.45) is 0 Å². The number of hydrogen-bond donors (Lipinski definition) is 3. The first-order valence-corrected chi connectivity index (χ1v) is 6.16. The normalized spacial score (nSPS) is 9.95. The van der Waals surface area contributed by atoms with Gasteiger partial charge in [-0.15, -0.1) is 0 Å². The lowest BCUT2D eigenvalue weighted by atomic mass is 10.3. The number of benzene rings is 1. The third-order valence-electron chi connectivity index (χ3n) is 2.22. The summed E-state index contributed by atoms with van der Waals surface area (Å²) in [5.41, 5.74) is 0.129. The number of anilines is 1. The van der Waals surface area contributed by atoms with Crippen LogP contribution in [0.3, 0.4) is 0 Å². The summed E-state index contributed by atoms with van der Waals surface area (Å²) in [5.74, 6) is -1.16. The highest BCUT2D eigenvalue weighted by atomic mass is 35.5. The van der Waals surface area contributed by atoms with Gasteiger partial charge in [-0.25, -0.2) is 9.18 Å². The van der Waals surface area contributed by atoms with Gasteiger partial charge in [0.05, 0.1) is 18.8 Å². The third kappa shape index (κ3) is 5.85. The van der Waals surface area contributed by atoms with E-state index in [-0.39, 0.29) is 23.8 Å². The fourth-order valence-electron chi connectivity index (χ4n) is 1.29. The van der Waals surface area contributed by atoms with E-state index in [4.69, 9.17) is 16.3 Å². The van der Waals surface area contributed by atoms with Gasteiger partial charge in [0.15, 0.2) is 0 Å². The molecule has 0 bridgehead atoms. The summed E-state index contributed by atoms with van der Waals surface area (Å²) in [7, 11) is 1.50. The van der Waals surface area contributed by atoms with Crippen LogP contribution in [0.2, 0.25) is 5.02 Å². The maximum Gasteiger partial charge on any atom is 0.321 e.